The van der Waals surface area contributed by atoms with E-state index < -0.39 is 0 Å². The molecule has 2 aromatic heterocycles. The molecule has 2 aliphatic rings. The number of hydrogen-bond donors (Lipinski definition) is 0. The van der Waals surface area contributed by atoms with Crippen LogP contribution in [0.2, 0.25) is 0 Å². The summed E-state index contributed by atoms with van der Waals surface area (Å²) in [6, 6.07) is 7.32. The van der Waals surface area contributed by atoms with Gasteiger partial charge in [-0.2, -0.15) is 4.98 Å². The molecule has 11 nitrogen and oxygen atoms in total. The number of methoxy groups -OCH3 is 2. The van der Waals surface area contributed by atoms with Crippen LogP contribution in [0.15, 0.2) is 41.2 Å². The number of rotatable bonds is 7. The minimum atomic E-state index is -0.0217. The fourth-order valence-electron chi connectivity index (χ4n) is 4.84. The number of anilines is 1. The highest BCUT2D eigenvalue weighted by Crippen LogP contribution is 2.31. The van der Waals surface area contributed by atoms with Gasteiger partial charge in [0.15, 0.2) is 11.5 Å². The van der Waals surface area contributed by atoms with Crippen LogP contribution in [0.5, 0.6) is 11.5 Å². The van der Waals surface area contributed by atoms with E-state index in [2.05, 4.69) is 29.9 Å². The topological polar surface area (TPSA) is 110 Å². The zero-order valence-corrected chi connectivity index (χ0v) is 20.7. The minimum Gasteiger partial charge on any atom is -0.493 e. The van der Waals surface area contributed by atoms with Crippen LogP contribution in [-0.2, 0) is 11.3 Å². The Morgan fingerprint density at radius 1 is 1.06 bits per heavy atom. The van der Waals surface area contributed by atoms with Gasteiger partial charge in [-0.1, -0.05) is 5.16 Å². The highest BCUT2D eigenvalue weighted by molar-refractivity contribution is 5.79. The second-order valence-corrected chi connectivity index (χ2v) is 9.02. The molecule has 0 bridgehead atoms. The number of aromatic nitrogens is 4. The maximum atomic E-state index is 13.3. The first-order valence-corrected chi connectivity index (χ1v) is 12.2. The van der Waals surface area contributed by atoms with E-state index in [1.54, 1.807) is 26.6 Å². The van der Waals surface area contributed by atoms with Crippen molar-refractivity contribution in [2.24, 2.45) is 5.92 Å². The van der Waals surface area contributed by atoms with Crippen LogP contribution in [0.3, 0.4) is 0 Å². The number of ether oxygens (including phenoxy) is 2. The van der Waals surface area contributed by atoms with Crippen molar-refractivity contribution in [3.05, 3.63) is 42.5 Å². The van der Waals surface area contributed by atoms with Gasteiger partial charge in [0.25, 0.3) is 0 Å². The fraction of sp³-hybridized carbons (Fsp3) is 0.480. The molecule has 1 atom stereocenters. The molecule has 0 aliphatic carbocycles. The first-order valence-electron chi connectivity index (χ1n) is 12.2. The number of likely N-dealkylation sites (tertiary alicyclic amines) is 1. The first kappa shape index (κ1) is 24.0. The van der Waals surface area contributed by atoms with Crippen LogP contribution in [0.1, 0.15) is 18.7 Å². The van der Waals surface area contributed by atoms with E-state index in [4.69, 9.17) is 14.0 Å². The van der Waals surface area contributed by atoms with Crippen LogP contribution in [0, 0.1) is 5.92 Å². The highest BCUT2D eigenvalue weighted by atomic mass is 16.5. The molecule has 1 amide bonds. The minimum absolute atomic E-state index is 0.0217. The van der Waals surface area contributed by atoms with E-state index in [0.717, 1.165) is 44.0 Å². The predicted octanol–water partition coefficient (Wildman–Crippen LogP) is 2.10. The van der Waals surface area contributed by atoms with Crippen molar-refractivity contribution in [2.75, 3.05) is 58.4 Å². The molecular formula is C25H31N7O4. The Hall–Kier alpha value is -3.73. The van der Waals surface area contributed by atoms with Crippen molar-refractivity contribution in [3.63, 3.8) is 0 Å². The summed E-state index contributed by atoms with van der Waals surface area (Å²) in [7, 11) is 3.19. The van der Waals surface area contributed by atoms with Crippen LogP contribution < -0.4 is 14.4 Å². The summed E-state index contributed by atoms with van der Waals surface area (Å²) in [4.78, 5) is 32.8. The van der Waals surface area contributed by atoms with Gasteiger partial charge in [-0.3, -0.25) is 9.69 Å². The molecule has 4 heterocycles. The Labute approximate surface area is 210 Å². The van der Waals surface area contributed by atoms with E-state index in [9.17, 15) is 4.79 Å². The Morgan fingerprint density at radius 3 is 2.58 bits per heavy atom. The summed E-state index contributed by atoms with van der Waals surface area (Å²) in [6.45, 7) is 4.97. The number of piperazine rings is 1. The third-order valence-electron chi connectivity index (χ3n) is 6.75. The molecule has 0 spiro atoms. The lowest BCUT2D eigenvalue weighted by atomic mass is 9.96. The van der Waals surface area contributed by atoms with Gasteiger partial charge in [0.05, 0.1) is 26.7 Å². The average Bonchev–Trinajstić information content (AvgIpc) is 3.41. The van der Waals surface area contributed by atoms with Crippen molar-refractivity contribution >= 4 is 11.9 Å². The third-order valence-corrected chi connectivity index (χ3v) is 6.75. The van der Waals surface area contributed by atoms with Gasteiger partial charge in [0.2, 0.25) is 23.6 Å². The summed E-state index contributed by atoms with van der Waals surface area (Å²) in [6.07, 6.45) is 5.36. The maximum absolute atomic E-state index is 13.3. The zero-order chi connectivity index (χ0) is 24.9. The molecule has 2 saturated heterocycles. The predicted molar refractivity (Wildman–Crippen MR) is 132 cm³/mol. The fourth-order valence-corrected chi connectivity index (χ4v) is 4.84. The maximum Gasteiger partial charge on any atom is 0.241 e. The molecule has 11 heteroatoms. The molecule has 3 aromatic rings. The number of hydrogen-bond acceptors (Lipinski definition) is 10. The molecule has 1 aromatic carbocycles. The van der Waals surface area contributed by atoms with Crippen LogP contribution >= 0.6 is 0 Å². The summed E-state index contributed by atoms with van der Waals surface area (Å²) in [5.74, 6) is 3.21. The summed E-state index contributed by atoms with van der Waals surface area (Å²) in [5, 5.41) is 4.14. The molecule has 0 saturated carbocycles. The number of piperidine rings is 1. The van der Waals surface area contributed by atoms with E-state index in [1.807, 2.05) is 29.2 Å². The van der Waals surface area contributed by atoms with Gasteiger partial charge in [0.1, 0.15) is 0 Å². The quantitative estimate of drug-likeness (QED) is 0.485. The Morgan fingerprint density at radius 2 is 1.83 bits per heavy atom. The SMILES string of the molecule is COc1ccc(-c2noc(CN3CCC[C@@H](C(=O)N4CCN(c5ncccn5)CC4)C3)n2)cc1OC. The van der Waals surface area contributed by atoms with Gasteiger partial charge in [-0.25, -0.2) is 9.97 Å². The lowest BCUT2D eigenvalue weighted by Crippen LogP contribution is -2.52. The van der Waals surface area contributed by atoms with Crippen molar-refractivity contribution in [1.29, 1.82) is 0 Å². The summed E-state index contributed by atoms with van der Waals surface area (Å²) in [5.41, 5.74) is 0.786. The van der Waals surface area contributed by atoms with E-state index in [-0.39, 0.29) is 11.8 Å². The zero-order valence-electron chi connectivity index (χ0n) is 20.7. The number of amides is 1. The molecule has 2 aliphatic heterocycles. The van der Waals surface area contributed by atoms with Gasteiger partial charge >= 0.3 is 0 Å². The molecule has 2 fully saturated rings. The lowest BCUT2D eigenvalue weighted by molar-refractivity contribution is -0.137. The average molecular weight is 494 g/mol. The van der Waals surface area contributed by atoms with Crippen LogP contribution in [0.4, 0.5) is 5.95 Å². The number of carbonyl (C=O) groups excluding carboxylic acids is 1. The molecular weight excluding hydrogens is 462 g/mol. The van der Waals surface area contributed by atoms with E-state index in [1.165, 1.54) is 0 Å². The number of benzene rings is 1. The number of nitrogens with zero attached hydrogens (tertiary/aromatic N) is 7. The largest absolute Gasteiger partial charge is 0.493 e. The van der Waals surface area contributed by atoms with Gasteiger partial charge in [0, 0.05) is 50.7 Å². The van der Waals surface area contributed by atoms with Gasteiger partial charge in [-0.05, 0) is 43.7 Å². The Bertz CT molecular complexity index is 1160. The lowest BCUT2D eigenvalue weighted by Gasteiger charge is -2.38. The Balaban J connectivity index is 1.16. The highest BCUT2D eigenvalue weighted by Gasteiger charge is 2.32. The standard InChI is InChI=1S/C25H31N7O4/c1-34-20-7-6-18(15-21(20)35-2)23-28-22(36-29-23)17-30-10-3-5-19(16-30)24(33)31-11-13-32(14-12-31)25-26-8-4-9-27-25/h4,6-9,15,19H,3,5,10-14,16-17H2,1-2H3/t19-/m1/s1. The molecule has 190 valence electrons. The van der Waals surface area contributed by atoms with Gasteiger partial charge in [-0.15, -0.1) is 0 Å². The molecule has 0 N–H and O–H groups in total. The molecule has 0 unspecified atom stereocenters. The van der Waals surface area contributed by atoms with Crippen molar-refractivity contribution < 1.29 is 18.8 Å². The van der Waals surface area contributed by atoms with E-state index >= 15 is 0 Å². The normalized spacial score (nSPS) is 18.8. The smallest absolute Gasteiger partial charge is 0.241 e. The summed E-state index contributed by atoms with van der Waals surface area (Å²) >= 11 is 0. The van der Waals surface area contributed by atoms with Crippen molar-refractivity contribution in [2.45, 2.75) is 19.4 Å². The first-order chi connectivity index (χ1) is 17.6. The van der Waals surface area contributed by atoms with Crippen LogP contribution in [-0.4, -0.2) is 89.3 Å². The van der Waals surface area contributed by atoms with Gasteiger partial charge < -0.3 is 23.8 Å². The monoisotopic (exact) mass is 493 g/mol. The number of carbonyl (C=O) groups is 1. The second kappa shape index (κ2) is 10.9. The third kappa shape index (κ3) is 5.25. The molecule has 0 radical (unpaired) electrons. The van der Waals surface area contributed by atoms with E-state index in [0.29, 0.717) is 49.4 Å². The van der Waals surface area contributed by atoms with Crippen molar-refractivity contribution in [3.8, 4) is 22.9 Å². The van der Waals surface area contributed by atoms with Crippen molar-refractivity contribution in [1.82, 2.24) is 29.9 Å². The summed E-state index contributed by atoms with van der Waals surface area (Å²) < 4.78 is 16.2. The molecule has 5 rings (SSSR count). The Kier molecular flexibility index (Phi) is 7.26. The molecule has 36 heavy (non-hydrogen) atoms. The second-order valence-electron chi connectivity index (χ2n) is 9.02. The van der Waals surface area contributed by atoms with Crippen LogP contribution in [0.25, 0.3) is 11.4 Å².